The average molecular weight is 182 g/mol. The molecule has 13 heavy (non-hydrogen) atoms. The molecular formula is C11H18O2. The van der Waals surface area contributed by atoms with Gasteiger partial charge in [0.1, 0.15) is 12.7 Å². The first kappa shape index (κ1) is 10.6. The lowest BCUT2D eigenvalue weighted by Gasteiger charge is -2.23. The summed E-state index contributed by atoms with van der Waals surface area (Å²) < 4.78 is 4.79. The Balaban J connectivity index is 2.29. The molecule has 1 atom stereocenters. The maximum absolute atomic E-state index is 9.67. The number of ether oxygens (including phenoxy) is 1. The standard InChI is InChI=1S/C11H18O2/c1-13-9-5-8-11(12)10-6-3-2-4-7-10/h10-12H,2-4,6-7,9H2,1H3/t11-/m0/s1. The van der Waals surface area contributed by atoms with Crippen molar-refractivity contribution in [3.05, 3.63) is 0 Å². The molecule has 0 aromatic heterocycles. The molecule has 0 amide bonds. The lowest BCUT2D eigenvalue weighted by molar-refractivity contribution is 0.132. The Labute approximate surface area is 80.3 Å². The summed E-state index contributed by atoms with van der Waals surface area (Å²) in [5.41, 5.74) is 0. The zero-order valence-electron chi connectivity index (χ0n) is 8.25. The van der Waals surface area contributed by atoms with Crippen LogP contribution < -0.4 is 0 Å². The van der Waals surface area contributed by atoms with Gasteiger partial charge in [0.2, 0.25) is 0 Å². The summed E-state index contributed by atoms with van der Waals surface area (Å²) in [5, 5.41) is 9.67. The predicted molar refractivity (Wildman–Crippen MR) is 52.2 cm³/mol. The maximum atomic E-state index is 9.67. The van der Waals surface area contributed by atoms with E-state index in [0.29, 0.717) is 12.5 Å². The van der Waals surface area contributed by atoms with Gasteiger partial charge in [-0.2, -0.15) is 0 Å². The molecule has 0 aromatic carbocycles. The second-order valence-electron chi connectivity index (χ2n) is 3.60. The van der Waals surface area contributed by atoms with Crippen LogP contribution in [0.2, 0.25) is 0 Å². The molecule has 1 aliphatic rings. The van der Waals surface area contributed by atoms with Gasteiger partial charge in [-0.1, -0.05) is 31.1 Å². The number of hydrogen-bond acceptors (Lipinski definition) is 2. The molecule has 1 aliphatic carbocycles. The van der Waals surface area contributed by atoms with Gasteiger partial charge in [0.15, 0.2) is 0 Å². The molecule has 0 unspecified atom stereocenters. The van der Waals surface area contributed by atoms with E-state index in [1.165, 1.54) is 19.3 Å². The summed E-state index contributed by atoms with van der Waals surface area (Å²) in [6.07, 6.45) is 5.62. The van der Waals surface area contributed by atoms with Crippen molar-refractivity contribution < 1.29 is 9.84 Å². The van der Waals surface area contributed by atoms with Crippen molar-refractivity contribution in [3.8, 4) is 11.8 Å². The average Bonchev–Trinajstić information content (AvgIpc) is 2.19. The molecule has 0 aliphatic heterocycles. The zero-order chi connectivity index (χ0) is 9.52. The lowest BCUT2D eigenvalue weighted by atomic mass is 9.85. The van der Waals surface area contributed by atoms with E-state index < -0.39 is 6.10 Å². The largest absolute Gasteiger partial charge is 0.380 e. The van der Waals surface area contributed by atoms with Gasteiger partial charge in [-0.05, 0) is 18.8 Å². The zero-order valence-corrected chi connectivity index (χ0v) is 8.25. The summed E-state index contributed by atoms with van der Waals surface area (Å²) in [7, 11) is 1.61. The smallest absolute Gasteiger partial charge is 0.117 e. The van der Waals surface area contributed by atoms with E-state index in [-0.39, 0.29) is 0 Å². The number of aliphatic hydroxyl groups is 1. The molecule has 74 valence electrons. The highest BCUT2D eigenvalue weighted by molar-refractivity contribution is 5.06. The molecule has 2 heteroatoms. The first-order chi connectivity index (χ1) is 6.34. The van der Waals surface area contributed by atoms with Gasteiger partial charge in [0, 0.05) is 7.11 Å². The molecular weight excluding hydrogens is 164 g/mol. The van der Waals surface area contributed by atoms with Crippen molar-refractivity contribution in [1.29, 1.82) is 0 Å². The van der Waals surface area contributed by atoms with Gasteiger partial charge in [-0.25, -0.2) is 0 Å². The lowest BCUT2D eigenvalue weighted by Crippen LogP contribution is -2.21. The summed E-state index contributed by atoms with van der Waals surface area (Å²) in [6, 6.07) is 0. The third-order valence-electron chi connectivity index (χ3n) is 2.56. The van der Waals surface area contributed by atoms with Gasteiger partial charge in [-0.3, -0.25) is 0 Å². The van der Waals surface area contributed by atoms with Crippen molar-refractivity contribution >= 4 is 0 Å². The molecule has 1 rings (SSSR count). The number of methoxy groups -OCH3 is 1. The van der Waals surface area contributed by atoms with E-state index in [1.807, 2.05) is 0 Å². The molecule has 1 fully saturated rings. The molecule has 0 bridgehead atoms. The fourth-order valence-electron chi connectivity index (χ4n) is 1.79. The Bertz CT molecular complexity index is 184. The van der Waals surface area contributed by atoms with Crippen LogP contribution in [0.25, 0.3) is 0 Å². The van der Waals surface area contributed by atoms with Crippen LogP contribution in [0.1, 0.15) is 32.1 Å². The van der Waals surface area contributed by atoms with Crippen LogP contribution in [0.15, 0.2) is 0 Å². The summed E-state index contributed by atoms with van der Waals surface area (Å²) in [5.74, 6) is 6.04. The van der Waals surface area contributed by atoms with Crippen LogP contribution in [-0.4, -0.2) is 24.9 Å². The summed E-state index contributed by atoms with van der Waals surface area (Å²) in [6.45, 7) is 0.420. The van der Waals surface area contributed by atoms with Crippen LogP contribution in [-0.2, 0) is 4.74 Å². The van der Waals surface area contributed by atoms with E-state index in [9.17, 15) is 5.11 Å². The van der Waals surface area contributed by atoms with Crippen LogP contribution in [0, 0.1) is 17.8 Å². The highest BCUT2D eigenvalue weighted by Crippen LogP contribution is 2.25. The Hall–Kier alpha value is -0.520. The van der Waals surface area contributed by atoms with E-state index in [2.05, 4.69) is 11.8 Å². The Morgan fingerprint density at radius 3 is 2.69 bits per heavy atom. The molecule has 1 N–H and O–H groups in total. The highest BCUT2D eigenvalue weighted by atomic mass is 16.5. The fourth-order valence-corrected chi connectivity index (χ4v) is 1.79. The fraction of sp³-hybridized carbons (Fsp3) is 0.818. The Kier molecular flexibility index (Phi) is 4.88. The van der Waals surface area contributed by atoms with Crippen LogP contribution >= 0.6 is 0 Å². The molecule has 0 spiro atoms. The number of rotatable bonds is 2. The van der Waals surface area contributed by atoms with Gasteiger partial charge < -0.3 is 9.84 Å². The van der Waals surface area contributed by atoms with Crippen molar-refractivity contribution in [2.45, 2.75) is 38.2 Å². The summed E-state index contributed by atoms with van der Waals surface area (Å²) in [4.78, 5) is 0. The van der Waals surface area contributed by atoms with Gasteiger partial charge in [0.05, 0.1) is 0 Å². The van der Waals surface area contributed by atoms with Crippen molar-refractivity contribution in [3.63, 3.8) is 0 Å². The van der Waals surface area contributed by atoms with Crippen molar-refractivity contribution in [1.82, 2.24) is 0 Å². The molecule has 0 heterocycles. The van der Waals surface area contributed by atoms with Crippen LogP contribution in [0.3, 0.4) is 0 Å². The Morgan fingerprint density at radius 2 is 2.08 bits per heavy atom. The third-order valence-corrected chi connectivity index (χ3v) is 2.56. The van der Waals surface area contributed by atoms with E-state index in [0.717, 1.165) is 12.8 Å². The van der Waals surface area contributed by atoms with Crippen molar-refractivity contribution in [2.24, 2.45) is 5.92 Å². The van der Waals surface area contributed by atoms with Gasteiger partial charge >= 0.3 is 0 Å². The van der Waals surface area contributed by atoms with Gasteiger partial charge in [0.25, 0.3) is 0 Å². The minimum atomic E-state index is -0.435. The topological polar surface area (TPSA) is 29.5 Å². The SMILES string of the molecule is COCC#C[C@H](O)C1CCCCC1. The minimum Gasteiger partial charge on any atom is -0.380 e. The first-order valence-electron chi connectivity index (χ1n) is 5.00. The monoisotopic (exact) mass is 182 g/mol. The normalized spacial score (nSPS) is 20.5. The maximum Gasteiger partial charge on any atom is 0.117 e. The van der Waals surface area contributed by atoms with E-state index >= 15 is 0 Å². The summed E-state index contributed by atoms with van der Waals surface area (Å²) >= 11 is 0. The molecule has 1 saturated carbocycles. The molecule has 0 saturated heterocycles. The quantitative estimate of drug-likeness (QED) is 0.657. The Morgan fingerprint density at radius 1 is 1.38 bits per heavy atom. The number of hydrogen-bond donors (Lipinski definition) is 1. The molecule has 0 aromatic rings. The van der Waals surface area contributed by atoms with E-state index in [4.69, 9.17) is 4.74 Å². The highest BCUT2D eigenvalue weighted by Gasteiger charge is 2.19. The number of aliphatic hydroxyl groups excluding tert-OH is 1. The van der Waals surface area contributed by atoms with Gasteiger partial charge in [-0.15, -0.1) is 0 Å². The van der Waals surface area contributed by atoms with E-state index in [1.54, 1.807) is 7.11 Å². The predicted octanol–water partition coefficient (Wildman–Crippen LogP) is 1.58. The minimum absolute atomic E-state index is 0.401. The second-order valence-corrected chi connectivity index (χ2v) is 3.60. The van der Waals surface area contributed by atoms with Crippen LogP contribution in [0.4, 0.5) is 0 Å². The molecule has 2 nitrogen and oxygen atoms in total. The second kappa shape index (κ2) is 6.01. The molecule has 0 radical (unpaired) electrons. The third kappa shape index (κ3) is 3.80. The van der Waals surface area contributed by atoms with Crippen LogP contribution in [0.5, 0.6) is 0 Å². The first-order valence-corrected chi connectivity index (χ1v) is 5.00. The van der Waals surface area contributed by atoms with Crippen molar-refractivity contribution in [2.75, 3.05) is 13.7 Å².